The van der Waals surface area contributed by atoms with Crippen LogP contribution in [-0.2, 0) is 4.74 Å². The fourth-order valence-corrected chi connectivity index (χ4v) is 4.05. The number of cyclic esters (lactones) is 1. The van der Waals surface area contributed by atoms with Crippen LogP contribution in [0.15, 0.2) is 29.8 Å². The molecule has 2 saturated carbocycles. The molecule has 0 atom stereocenters. The van der Waals surface area contributed by atoms with Crippen molar-refractivity contribution >= 4 is 11.7 Å². The van der Waals surface area contributed by atoms with Crippen molar-refractivity contribution < 1.29 is 9.53 Å². The molecular weight excluding hydrogens is 224 g/mol. The molecule has 1 aromatic carbocycles. The number of hydrogen-bond donors (Lipinski definition) is 0. The lowest BCUT2D eigenvalue weighted by Gasteiger charge is -2.54. The fraction of sp³-hybridized carbons (Fsp3) is 0.438. The second-order valence-electron chi connectivity index (χ2n) is 6.23. The first-order valence-corrected chi connectivity index (χ1v) is 6.70. The van der Waals surface area contributed by atoms with Crippen LogP contribution in [0.5, 0.6) is 0 Å². The molecule has 1 spiro atoms. The summed E-state index contributed by atoms with van der Waals surface area (Å²) in [4.78, 5) is 11.8. The molecule has 3 aliphatic rings. The predicted molar refractivity (Wildman–Crippen MR) is 68.8 cm³/mol. The first-order valence-electron chi connectivity index (χ1n) is 6.70. The van der Waals surface area contributed by atoms with Crippen molar-refractivity contribution in [2.45, 2.75) is 32.6 Å². The molecule has 0 unspecified atom stereocenters. The largest absolute Gasteiger partial charge is 0.422 e. The van der Waals surface area contributed by atoms with Crippen molar-refractivity contribution in [1.29, 1.82) is 0 Å². The second-order valence-corrected chi connectivity index (χ2v) is 6.23. The summed E-state index contributed by atoms with van der Waals surface area (Å²) in [5.41, 5.74) is 3.63. The second kappa shape index (κ2) is 3.25. The van der Waals surface area contributed by atoms with Gasteiger partial charge in [0.1, 0.15) is 5.76 Å². The van der Waals surface area contributed by atoms with Gasteiger partial charge in [-0.2, -0.15) is 0 Å². The van der Waals surface area contributed by atoms with E-state index in [1.54, 1.807) is 0 Å². The molecule has 2 aliphatic carbocycles. The minimum absolute atomic E-state index is 0.184. The number of esters is 1. The van der Waals surface area contributed by atoms with E-state index in [2.05, 4.69) is 6.92 Å². The summed E-state index contributed by atoms with van der Waals surface area (Å²) < 4.78 is 5.47. The van der Waals surface area contributed by atoms with E-state index >= 15 is 0 Å². The molecule has 18 heavy (non-hydrogen) atoms. The number of rotatable bonds is 0. The molecular formula is C16H16O2. The van der Waals surface area contributed by atoms with Crippen LogP contribution in [0, 0.1) is 11.3 Å². The molecule has 0 N–H and O–H groups in total. The van der Waals surface area contributed by atoms with E-state index in [1.165, 1.54) is 18.4 Å². The maximum atomic E-state index is 11.8. The van der Waals surface area contributed by atoms with Gasteiger partial charge < -0.3 is 4.74 Å². The number of fused-ring (bicyclic) bond motifs is 1. The van der Waals surface area contributed by atoms with E-state index in [0.29, 0.717) is 5.41 Å². The standard InChI is InChI=1S/C16H16O2/c1-10-6-16(7-10)8-11(9-16)14-12-4-2-3-5-13(12)15(17)18-14/h2-5,10H,6-9H2,1H3. The summed E-state index contributed by atoms with van der Waals surface area (Å²) in [7, 11) is 0. The third kappa shape index (κ3) is 1.26. The zero-order chi connectivity index (χ0) is 12.3. The molecule has 1 aromatic rings. The first kappa shape index (κ1) is 10.4. The van der Waals surface area contributed by atoms with E-state index in [9.17, 15) is 4.79 Å². The predicted octanol–water partition coefficient (Wildman–Crippen LogP) is 3.78. The Hall–Kier alpha value is -1.57. The summed E-state index contributed by atoms with van der Waals surface area (Å²) >= 11 is 0. The highest BCUT2D eigenvalue weighted by atomic mass is 16.5. The van der Waals surface area contributed by atoms with Crippen LogP contribution in [0.4, 0.5) is 0 Å². The highest BCUT2D eigenvalue weighted by Crippen LogP contribution is 2.62. The van der Waals surface area contributed by atoms with Gasteiger partial charge in [-0.25, -0.2) is 4.79 Å². The van der Waals surface area contributed by atoms with E-state index in [-0.39, 0.29) is 5.97 Å². The SMILES string of the molecule is CC1CC2(CC(=C3OC(=O)c4ccccc43)C2)C1. The lowest BCUT2D eigenvalue weighted by Crippen LogP contribution is -2.43. The molecule has 0 aromatic heterocycles. The van der Waals surface area contributed by atoms with Crippen molar-refractivity contribution in [2.24, 2.45) is 11.3 Å². The molecule has 0 bridgehead atoms. The number of hydrogen-bond acceptors (Lipinski definition) is 2. The van der Waals surface area contributed by atoms with Gasteiger partial charge in [0.25, 0.3) is 0 Å². The van der Waals surface area contributed by atoms with Gasteiger partial charge in [0.05, 0.1) is 5.56 Å². The van der Waals surface area contributed by atoms with E-state index in [1.807, 2.05) is 24.3 Å². The molecule has 0 saturated heterocycles. The van der Waals surface area contributed by atoms with Crippen molar-refractivity contribution in [2.75, 3.05) is 0 Å². The Morgan fingerprint density at radius 3 is 2.50 bits per heavy atom. The Morgan fingerprint density at radius 1 is 1.17 bits per heavy atom. The Kier molecular flexibility index (Phi) is 1.87. The Balaban J connectivity index is 1.67. The zero-order valence-electron chi connectivity index (χ0n) is 10.5. The van der Waals surface area contributed by atoms with Gasteiger partial charge in [-0.1, -0.05) is 25.1 Å². The van der Waals surface area contributed by atoms with Crippen LogP contribution in [0.1, 0.15) is 48.5 Å². The topological polar surface area (TPSA) is 26.3 Å². The zero-order valence-corrected chi connectivity index (χ0v) is 10.5. The Bertz CT molecular complexity index is 567. The molecule has 2 heteroatoms. The number of benzene rings is 1. The van der Waals surface area contributed by atoms with Crippen LogP contribution in [0.25, 0.3) is 5.76 Å². The minimum atomic E-state index is -0.184. The van der Waals surface area contributed by atoms with E-state index in [0.717, 1.165) is 35.6 Å². The summed E-state index contributed by atoms with van der Waals surface area (Å²) in [6.07, 6.45) is 4.96. The van der Waals surface area contributed by atoms with Crippen LogP contribution in [0.2, 0.25) is 0 Å². The Labute approximate surface area is 107 Å². The highest BCUT2D eigenvalue weighted by molar-refractivity contribution is 6.03. The molecule has 0 radical (unpaired) electrons. The average Bonchev–Trinajstić information content (AvgIpc) is 2.60. The van der Waals surface area contributed by atoms with Crippen molar-refractivity contribution in [3.8, 4) is 0 Å². The number of allylic oxidation sites excluding steroid dienone is 1. The number of carbonyl (C=O) groups is 1. The van der Waals surface area contributed by atoms with Gasteiger partial charge in [0.15, 0.2) is 0 Å². The summed E-state index contributed by atoms with van der Waals surface area (Å²) in [5.74, 6) is 1.56. The van der Waals surface area contributed by atoms with Gasteiger partial charge in [-0.05, 0) is 48.7 Å². The van der Waals surface area contributed by atoms with Crippen molar-refractivity contribution in [1.82, 2.24) is 0 Å². The minimum Gasteiger partial charge on any atom is -0.422 e. The van der Waals surface area contributed by atoms with Crippen molar-refractivity contribution in [3.05, 3.63) is 41.0 Å². The molecule has 1 heterocycles. The van der Waals surface area contributed by atoms with Gasteiger partial charge in [-0.3, -0.25) is 0 Å². The van der Waals surface area contributed by atoms with Crippen LogP contribution < -0.4 is 0 Å². The summed E-state index contributed by atoms with van der Waals surface area (Å²) in [5, 5.41) is 0. The van der Waals surface area contributed by atoms with Gasteiger partial charge in [-0.15, -0.1) is 0 Å². The molecule has 92 valence electrons. The van der Waals surface area contributed by atoms with E-state index in [4.69, 9.17) is 4.74 Å². The maximum Gasteiger partial charge on any atom is 0.344 e. The third-order valence-electron chi connectivity index (χ3n) is 4.65. The van der Waals surface area contributed by atoms with Crippen LogP contribution in [0.3, 0.4) is 0 Å². The molecule has 0 amide bonds. The molecule has 4 rings (SSSR count). The lowest BCUT2D eigenvalue weighted by molar-refractivity contribution is 0.0222. The van der Waals surface area contributed by atoms with Gasteiger partial charge >= 0.3 is 5.97 Å². The summed E-state index contributed by atoms with van der Waals surface area (Å²) in [6, 6.07) is 7.72. The quantitative estimate of drug-likeness (QED) is 0.645. The van der Waals surface area contributed by atoms with Gasteiger partial charge in [0.2, 0.25) is 0 Å². The number of carbonyl (C=O) groups excluding carboxylic acids is 1. The smallest absolute Gasteiger partial charge is 0.344 e. The first-order chi connectivity index (χ1) is 8.67. The fourth-order valence-electron chi connectivity index (χ4n) is 4.05. The summed E-state index contributed by atoms with van der Waals surface area (Å²) in [6.45, 7) is 2.32. The maximum absolute atomic E-state index is 11.8. The number of ether oxygens (including phenoxy) is 1. The molecule has 2 fully saturated rings. The van der Waals surface area contributed by atoms with Crippen LogP contribution in [-0.4, -0.2) is 5.97 Å². The Morgan fingerprint density at radius 2 is 1.83 bits per heavy atom. The van der Waals surface area contributed by atoms with Crippen molar-refractivity contribution in [3.63, 3.8) is 0 Å². The highest BCUT2D eigenvalue weighted by Gasteiger charge is 2.50. The average molecular weight is 240 g/mol. The monoisotopic (exact) mass is 240 g/mol. The molecule has 2 nitrogen and oxygen atoms in total. The van der Waals surface area contributed by atoms with E-state index < -0.39 is 0 Å². The van der Waals surface area contributed by atoms with Gasteiger partial charge in [0, 0.05) is 5.56 Å². The third-order valence-corrected chi connectivity index (χ3v) is 4.65. The normalized spacial score (nSPS) is 32.9. The molecule has 1 aliphatic heterocycles. The van der Waals surface area contributed by atoms with Crippen LogP contribution >= 0.6 is 0 Å². The lowest BCUT2D eigenvalue weighted by atomic mass is 9.50.